The van der Waals surface area contributed by atoms with Gasteiger partial charge in [-0.2, -0.15) is 0 Å². The van der Waals surface area contributed by atoms with E-state index in [0.29, 0.717) is 0 Å². The second-order valence-corrected chi connectivity index (χ2v) is 6.11. The summed E-state index contributed by atoms with van der Waals surface area (Å²) in [5.74, 6) is 0. The average molecular weight is 297 g/mol. The summed E-state index contributed by atoms with van der Waals surface area (Å²) in [5.41, 5.74) is 4.98. The van der Waals surface area contributed by atoms with Crippen LogP contribution in [0.15, 0.2) is 72.8 Å². The zero-order chi connectivity index (χ0) is 15.6. The Kier molecular flexibility index (Phi) is 3.55. The molecule has 0 radical (unpaired) electrons. The molecule has 0 spiro atoms. The molecule has 0 aliphatic heterocycles. The molecule has 23 heavy (non-hydrogen) atoms. The molecule has 0 atom stereocenters. The Bertz CT molecular complexity index is 985. The molecule has 0 amide bonds. The predicted octanol–water partition coefficient (Wildman–Crippen LogP) is 5.48. The largest absolute Gasteiger partial charge is 0.252 e. The number of aryl methyl sites for hydroxylation is 3. The number of nitrogens with zero attached hydrogens (tertiary/aromatic N) is 1. The van der Waals surface area contributed by atoms with Gasteiger partial charge >= 0.3 is 0 Å². The van der Waals surface area contributed by atoms with Crippen molar-refractivity contribution < 1.29 is 0 Å². The number of benzene rings is 3. The minimum absolute atomic E-state index is 0.967. The molecule has 1 aromatic heterocycles. The molecule has 4 aromatic rings. The van der Waals surface area contributed by atoms with Gasteiger partial charge in [0.1, 0.15) is 0 Å². The van der Waals surface area contributed by atoms with Crippen LogP contribution in [0.25, 0.3) is 21.7 Å². The van der Waals surface area contributed by atoms with Crippen LogP contribution in [0.2, 0.25) is 0 Å². The van der Waals surface area contributed by atoms with Gasteiger partial charge in [-0.05, 0) is 36.8 Å². The van der Waals surface area contributed by atoms with Crippen LogP contribution in [-0.2, 0) is 12.8 Å². The van der Waals surface area contributed by atoms with E-state index in [1.165, 1.54) is 33.0 Å². The smallest absolute Gasteiger partial charge is 0.0711 e. The van der Waals surface area contributed by atoms with Gasteiger partial charge in [-0.1, -0.05) is 72.3 Å². The van der Waals surface area contributed by atoms with E-state index in [1.54, 1.807) is 0 Å². The minimum atomic E-state index is 0.967. The lowest BCUT2D eigenvalue weighted by molar-refractivity contribution is 0.932. The number of rotatable bonds is 3. The minimum Gasteiger partial charge on any atom is -0.252 e. The monoisotopic (exact) mass is 297 g/mol. The molecule has 0 aliphatic carbocycles. The summed E-state index contributed by atoms with van der Waals surface area (Å²) in [5, 5.41) is 3.82. The molecule has 112 valence electrons. The van der Waals surface area contributed by atoms with E-state index in [2.05, 4.69) is 79.7 Å². The molecule has 0 saturated carbocycles. The third-order valence-electron chi connectivity index (χ3n) is 4.42. The standard InChI is InChI=1S/C22H19N/c1-16-7-6-8-17(15-16)13-14-22-20-10-3-2-9-18(20)19-11-4-5-12-21(19)23-22/h2-12,15H,13-14H2,1H3. The normalized spacial score (nSPS) is 11.2. The van der Waals surface area contributed by atoms with Crippen molar-refractivity contribution in [2.75, 3.05) is 0 Å². The highest BCUT2D eigenvalue weighted by molar-refractivity contribution is 6.06. The second-order valence-electron chi connectivity index (χ2n) is 6.11. The molecule has 0 N–H and O–H groups in total. The summed E-state index contributed by atoms with van der Waals surface area (Å²) >= 11 is 0. The molecule has 0 aliphatic rings. The predicted molar refractivity (Wildman–Crippen MR) is 97.8 cm³/mol. The van der Waals surface area contributed by atoms with Crippen molar-refractivity contribution in [2.24, 2.45) is 0 Å². The fourth-order valence-electron chi connectivity index (χ4n) is 3.30. The van der Waals surface area contributed by atoms with Crippen LogP contribution >= 0.6 is 0 Å². The number of hydrogen-bond donors (Lipinski definition) is 0. The van der Waals surface area contributed by atoms with E-state index in [1.807, 2.05) is 0 Å². The maximum atomic E-state index is 4.94. The first-order chi connectivity index (χ1) is 11.3. The second kappa shape index (κ2) is 5.85. The summed E-state index contributed by atoms with van der Waals surface area (Å²) in [4.78, 5) is 4.94. The molecular formula is C22H19N. The molecular weight excluding hydrogens is 278 g/mol. The van der Waals surface area contributed by atoms with Crippen molar-refractivity contribution in [1.82, 2.24) is 4.98 Å². The van der Waals surface area contributed by atoms with Crippen LogP contribution in [-0.4, -0.2) is 4.98 Å². The summed E-state index contributed by atoms with van der Waals surface area (Å²) in [6, 6.07) is 25.8. The van der Waals surface area contributed by atoms with E-state index in [-0.39, 0.29) is 0 Å². The molecule has 0 unspecified atom stereocenters. The van der Waals surface area contributed by atoms with E-state index in [0.717, 1.165) is 18.4 Å². The topological polar surface area (TPSA) is 12.9 Å². The van der Waals surface area contributed by atoms with E-state index >= 15 is 0 Å². The Balaban J connectivity index is 1.79. The lowest BCUT2D eigenvalue weighted by Gasteiger charge is -2.10. The Hall–Kier alpha value is -2.67. The Labute approximate surface area is 136 Å². The number of para-hydroxylation sites is 1. The number of pyridine rings is 1. The third-order valence-corrected chi connectivity index (χ3v) is 4.42. The van der Waals surface area contributed by atoms with Gasteiger partial charge in [0.05, 0.1) is 5.52 Å². The lowest BCUT2D eigenvalue weighted by atomic mass is 9.99. The number of aromatic nitrogens is 1. The zero-order valence-corrected chi connectivity index (χ0v) is 13.3. The first kappa shape index (κ1) is 14.0. The lowest BCUT2D eigenvalue weighted by Crippen LogP contribution is -1.97. The highest BCUT2D eigenvalue weighted by Crippen LogP contribution is 2.27. The van der Waals surface area contributed by atoms with Gasteiger partial charge in [0.15, 0.2) is 0 Å². The summed E-state index contributed by atoms with van der Waals surface area (Å²) in [6.07, 6.45) is 1.99. The summed E-state index contributed by atoms with van der Waals surface area (Å²) < 4.78 is 0. The molecule has 0 saturated heterocycles. The van der Waals surface area contributed by atoms with Crippen molar-refractivity contribution in [3.8, 4) is 0 Å². The fraction of sp³-hybridized carbons (Fsp3) is 0.136. The first-order valence-electron chi connectivity index (χ1n) is 8.13. The van der Waals surface area contributed by atoms with Crippen LogP contribution < -0.4 is 0 Å². The van der Waals surface area contributed by atoms with Crippen LogP contribution in [0.4, 0.5) is 0 Å². The van der Waals surface area contributed by atoms with Gasteiger partial charge < -0.3 is 0 Å². The third kappa shape index (κ3) is 2.70. The SMILES string of the molecule is Cc1cccc(CCc2nc3ccccc3c3ccccc23)c1. The molecule has 1 nitrogen and oxygen atoms in total. The quantitative estimate of drug-likeness (QED) is 0.456. The van der Waals surface area contributed by atoms with E-state index in [9.17, 15) is 0 Å². The molecule has 1 heterocycles. The molecule has 0 bridgehead atoms. The summed E-state index contributed by atoms with van der Waals surface area (Å²) in [6.45, 7) is 2.15. The first-order valence-corrected chi connectivity index (χ1v) is 8.13. The van der Waals surface area contributed by atoms with Crippen LogP contribution in [0.1, 0.15) is 16.8 Å². The maximum absolute atomic E-state index is 4.94. The zero-order valence-electron chi connectivity index (χ0n) is 13.3. The molecule has 1 heteroatoms. The van der Waals surface area contributed by atoms with Crippen LogP contribution in [0, 0.1) is 6.92 Å². The van der Waals surface area contributed by atoms with Crippen LogP contribution in [0.5, 0.6) is 0 Å². The van der Waals surface area contributed by atoms with Crippen molar-refractivity contribution in [1.29, 1.82) is 0 Å². The molecule has 4 rings (SSSR count). The van der Waals surface area contributed by atoms with Gasteiger partial charge in [-0.3, -0.25) is 4.98 Å². The fourth-order valence-corrected chi connectivity index (χ4v) is 3.30. The average Bonchev–Trinajstić information content (AvgIpc) is 2.60. The number of fused-ring (bicyclic) bond motifs is 3. The Morgan fingerprint density at radius 3 is 2.26 bits per heavy atom. The van der Waals surface area contributed by atoms with Gasteiger partial charge in [0, 0.05) is 16.5 Å². The van der Waals surface area contributed by atoms with Crippen molar-refractivity contribution in [3.63, 3.8) is 0 Å². The highest BCUT2D eigenvalue weighted by atomic mass is 14.7. The number of hydrogen-bond acceptors (Lipinski definition) is 1. The van der Waals surface area contributed by atoms with E-state index in [4.69, 9.17) is 4.98 Å². The van der Waals surface area contributed by atoms with Gasteiger partial charge in [-0.25, -0.2) is 0 Å². The highest BCUT2D eigenvalue weighted by Gasteiger charge is 2.08. The molecule has 0 fully saturated rings. The van der Waals surface area contributed by atoms with Gasteiger partial charge in [0.2, 0.25) is 0 Å². The maximum Gasteiger partial charge on any atom is 0.0711 e. The van der Waals surface area contributed by atoms with Gasteiger partial charge in [-0.15, -0.1) is 0 Å². The van der Waals surface area contributed by atoms with Crippen molar-refractivity contribution >= 4 is 21.7 Å². The van der Waals surface area contributed by atoms with E-state index < -0.39 is 0 Å². The van der Waals surface area contributed by atoms with Crippen molar-refractivity contribution in [3.05, 3.63) is 89.6 Å². The van der Waals surface area contributed by atoms with Crippen LogP contribution in [0.3, 0.4) is 0 Å². The van der Waals surface area contributed by atoms with Crippen molar-refractivity contribution in [2.45, 2.75) is 19.8 Å². The summed E-state index contributed by atoms with van der Waals surface area (Å²) in [7, 11) is 0. The van der Waals surface area contributed by atoms with Gasteiger partial charge in [0.25, 0.3) is 0 Å². The Morgan fingerprint density at radius 1 is 0.696 bits per heavy atom. The Morgan fingerprint density at radius 2 is 1.43 bits per heavy atom. The molecule has 3 aromatic carbocycles.